The largest absolute Gasteiger partial charge is 0.252 e. The van der Waals surface area contributed by atoms with Gasteiger partial charge in [0.05, 0.1) is 0 Å². The molecule has 0 aliphatic carbocycles. The molecule has 44 valence electrons. The highest BCUT2D eigenvalue weighted by molar-refractivity contribution is 6.67. The third kappa shape index (κ3) is 6.79. The van der Waals surface area contributed by atoms with Crippen LogP contribution in [0.2, 0.25) is 0 Å². The Hall–Kier alpha value is 0.790. The molecule has 2 nitrogen and oxygen atoms in total. The van der Waals surface area contributed by atoms with Gasteiger partial charge in [-0.3, -0.25) is 5.26 Å². The van der Waals surface area contributed by atoms with Gasteiger partial charge in [0.1, 0.15) is 6.61 Å². The fourth-order valence-electron chi connectivity index (χ4n) is 0.0732. The number of hydrogen-bond donors (Lipinski definition) is 1. The van der Waals surface area contributed by atoms with Gasteiger partial charge in [-0.25, -0.2) is 4.89 Å². The molecule has 0 aromatic heterocycles. The molecule has 0 aromatic rings. The molecule has 0 saturated heterocycles. The molecule has 0 atom stereocenters. The molecule has 7 heavy (non-hydrogen) atoms. The molecule has 0 bridgehead atoms. The predicted octanol–water partition coefficient (Wildman–Crippen LogP) is 1.85. The van der Waals surface area contributed by atoms with E-state index in [9.17, 15) is 0 Å². The fraction of sp³-hybridized carbons (Fsp3) is 1.00. The minimum absolute atomic E-state index is 0.308. The summed E-state index contributed by atoms with van der Waals surface area (Å²) in [7, 11) is 0. The van der Waals surface area contributed by atoms with Crippen LogP contribution in [0.1, 0.15) is 0 Å². The summed E-state index contributed by atoms with van der Waals surface area (Å²) >= 11 is 15.2. The Morgan fingerprint density at radius 1 is 1.43 bits per heavy atom. The van der Waals surface area contributed by atoms with Crippen LogP contribution < -0.4 is 0 Å². The van der Waals surface area contributed by atoms with E-state index in [4.69, 9.17) is 40.1 Å². The molecule has 0 heterocycles. The predicted molar refractivity (Wildman–Crippen MR) is 28.9 cm³/mol. The highest BCUT2D eigenvalue weighted by Crippen LogP contribution is 2.25. The zero-order valence-corrected chi connectivity index (χ0v) is 5.46. The summed E-state index contributed by atoms with van der Waals surface area (Å²) in [6, 6.07) is 0. The van der Waals surface area contributed by atoms with Crippen LogP contribution in [0.25, 0.3) is 0 Å². The Balaban J connectivity index is 3.15. The Morgan fingerprint density at radius 3 is 1.86 bits per heavy atom. The van der Waals surface area contributed by atoms with Crippen molar-refractivity contribution < 1.29 is 10.1 Å². The van der Waals surface area contributed by atoms with E-state index < -0.39 is 3.79 Å². The van der Waals surface area contributed by atoms with Crippen LogP contribution in [0.15, 0.2) is 0 Å². The zero-order chi connectivity index (χ0) is 5.91. The van der Waals surface area contributed by atoms with Crippen molar-refractivity contribution in [2.75, 3.05) is 6.61 Å². The lowest BCUT2D eigenvalue weighted by Gasteiger charge is -2.04. The first-order chi connectivity index (χ1) is 3.06. The lowest BCUT2D eigenvalue weighted by Crippen LogP contribution is -2.10. The first-order valence-electron chi connectivity index (χ1n) is 1.39. The SMILES string of the molecule is OOCC(Cl)(Cl)Cl. The summed E-state index contributed by atoms with van der Waals surface area (Å²) in [5.41, 5.74) is 0. The highest BCUT2D eigenvalue weighted by Gasteiger charge is 2.19. The molecular weight excluding hydrogens is 162 g/mol. The molecule has 0 radical (unpaired) electrons. The second-order valence-corrected chi connectivity index (χ2v) is 3.40. The van der Waals surface area contributed by atoms with Crippen molar-refractivity contribution in [2.45, 2.75) is 3.79 Å². The van der Waals surface area contributed by atoms with Gasteiger partial charge in [0.15, 0.2) is 0 Å². The Kier molecular flexibility index (Phi) is 3.28. The van der Waals surface area contributed by atoms with E-state index in [0.29, 0.717) is 0 Å². The topological polar surface area (TPSA) is 29.5 Å². The van der Waals surface area contributed by atoms with Gasteiger partial charge in [-0.15, -0.1) is 0 Å². The van der Waals surface area contributed by atoms with E-state index in [1.54, 1.807) is 0 Å². The van der Waals surface area contributed by atoms with Gasteiger partial charge < -0.3 is 0 Å². The average Bonchev–Trinajstić information content (AvgIpc) is 1.30. The lowest BCUT2D eigenvalue weighted by molar-refractivity contribution is -0.240. The summed E-state index contributed by atoms with van der Waals surface area (Å²) in [5.74, 6) is 0. The summed E-state index contributed by atoms with van der Waals surface area (Å²) in [6.45, 7) is -0.308. The number of hydrogen-bond acceptors (Lipinski definition) is 2. The van der Waals surface area contributed by atoms with E-state index in [-0.39, 0.29) is 6.61 Å². The third-order valence-corrected chi connectivity index (χ3v) is 0.556. The lowest BCUT2D eigenvalue weighted by atomic mass is 10.8. The van der Waals surface area contributed by atoms with Gasteiger partial charge in [0.2, 0.25) is 3.79 Å². The Labute approximate surface area is 55.9 Å². The molecule has 0 aliphatic heterocycles. The van der Waals surface area contributed by atoms with Crippen molar-refractivity contribution in [1.29, 1.82) is 0 Å². The van der Waals surface area contributed by atoms with Crippen LogP contribution in [0.3, 0.4) is 0 Å². The molecular formula is C2H3Cl3O2. The Morgan fingerprint density at radius 2 is 1.86 bits per heavy atom. The van der Waals surface area contributed by atoms with E-state index in [1.807, 2.05) is 0 Å². The van der Waals surface area contributed by atoms with Crippen LogP contribution in [0, 0.1) is 0 Å². The van der Waals surface area contributed by atoms with Crippen LogP contribution in [0.5, 0.6) is 0 Å². The Bertz CT molecular complexity index is 49.4. The standard InChI is InChI=1S/C2H3Cl3O2/c3-2(4,5)1-7-6/h6H,1H2. The smallest absolute Gasteiger partial charge is 0.216 e. The van der Waals surface area contributed by atoms with Crippen LogP contribution in [-0.2, 0) is 4.89 Å². The third-order valence-electron chi connectivity index (χ3n) is 0.228. The number of rotatable bonds is 1. The van der Waals surface area contributed by atoms with Crippen molar-refractivity contribution in [1.82, 2.24) is 0 Å². The second kappa shape index (κ2) is 2.95. The first-order valence-corrected chi connectivity index (χ1v) is 2.53. The molecule has 0 aromatic carbocycles. The molecule has 0 aliphatic rings. The van der Waals surface area contributed by atoms with Crippen molar-refractivity contribution in [3.8, 4) is 0 Å². The zero-order valence-electron chi connectivity index (χ0n) is 3.20. The normalized spacial score (nSPS) is 12.0. The van der Waals surface area contributed by atoms with Gasteiger partial charge >= 0.3 is 0 Å². The maximum Gasteiger partial charge on any atom is 0.216 e. The van der Waals surface area contributed by atoms with E-state index in [0.717, 1.165) is 0 Å². The molecule has 0 unspecified atom stereocenters. The molecule has 0 rings (SSSR count). The monoisotopic (exact) mass is 164 g/mol. The second-order valence-electron chi connectivity index (χ2n) is 0.889. The van der Waals surface area contributed by atoms with Crippen LogP contribution in [-0.4, -0.2) is 15.7 Å². The van der Waals surface area contributed by atoms with Crippen molar-refractivity contribution in [3.63, 3.8) is 0 Å². The van der Waals surface area contributed by atoms with Crippen LogP contribution >= 0.6 is 34.8 Å². The minimum atomic E-state index is -1.51. The maximum absolute atomic E-state index is 7.65. The van der Waals surface area contributed by atoms with E-state index >= 15 is 0 Å². The van der Waals surface area contributed by atoms with Crippen molar-refractivity contribution in [2.24, 2.45) is 0 Å². The van der Waals surface area contributed by atoms with Gasteiger partial charge in [-0.05, 0) is 0 Å². The van der Waals surface area contributed by atoms with E-state index in [1.165, 1.54) is 0 Å². The summed E-state index contributed by atoms with van der Waals surface area (Å²) in [4.78, 5) is 3.51. The van der Waals surface area contributed by atoms with Crippen LogP contribution in [0.4, 0.5) is 0 Å². The van der Waals surface area contributed by atoms with Crippen molar-refractivity contribution >= 4 is 34.8 Å². The van der Waals surface area contributed by atoms with Gasteiger partial charge in [-0.2, -0.15) is 0 Å². The molecule has 1 N–H and O–H groups in total. The highest BCUT2D eigenvalue weighted by atomic mass is 35.6. The summed E-state index contributed by atoms with van der Waals surface area (Å²) in [5, 5.41) is 7.65. The number of halogens is 3. The van der Waals surface area contributed by atoms with Crippen molar-refractivity contribution in [3.05, 3.63) is 0 Å². The summed E-state index contributed by atoms with van der Waals surface area (Å²) < 4.78 is -1.51. The van der Waals surface area contributed by atoms with Gasteiger partial charge in [-0.1, -0.05) is 34.8 Å². The quantitative estimate of drug-likeness (QED) is 0.365. The molecule has 5 heteroatoms. The molecule has 0 saturated carbocycles. The van der Waals surface area contributed by atoms with Gasteiger partial charge in [0, 0.05) is 0 Å². The molecule has 0 amide bonds. The molecule has 0 fully saturated rings. The fourth-order valence-corrected chi connectivity index (χ4v) is 0.220. The van der Waals surface area contributed by atoms with E-state index in [2.05, 4.69) is 4.89 Å². The summed E-state index contributed by atoms with van der Waals surface area (Å²) in [6.07, 6.45) is 0. The molecule has 0 spiro atoms. The first kappa shape index (κ1) is 7.79. The van der Waals surface area contributed by atoms with Gasteiger partial charge in [0.25, 0.3) is 0 Å². The maximum atomic E-state index is 7.65. The number of alkyl halides is 3. The minimum Gasteiger partial charge on any atom is -0.252 e. The average molecular weight is 165 g/mol.